The van der Waals surface area contributed by atoms with Crippen LogP contribution in [0.3, 0.4) is 0 Å². The van der Waals surface area contributed by atoms with E-state index in [1.807, 2.05) is 38.4 Å². The molecular formula is C18H21N3O2S. The predicted molar refractivity (Wildman–Crippen MR) is 99.5 cm³/mol. The molecule has 0 radical (unpaired) electrons. The molecule has 126 valence electrons. The minimum absolute atomic E-state index is 0.807. The van der Waals surface area contributed by atoms with Gasteiger partial charge in [-0.25, -0.2) is 4.98 Å². The number of nitrogens with one attached hydrogen (secondary N) is 1. The second-order valence-electron chi connectivity index (χ2n) is 5.60. The highest BCUT2D eigenvalue weighted by molar-refractivity contribution is 7.98. The summed E-state index contributed by atoms with van der Waals surface area (Å²) in [5.74, 6) is 2.50. The van der Waals surface area contributed by atoms with Gasteiger partial charge in [-0.05, 0) is 35.9 Å². The van der Waals surface area contributed by atoms with Crippen molar-refractivity contribution in [2.45, 2.75) is 10.9 Å². The Bertz CT molecular complexity index is 845. The van der Waals surface area contributed by atoms with Crippen LogP contribution >= 0.6 is 11.8 Å². The first-order valence-corrected chi connectivity index (χ1v) is 8.60. The molecule has 0 aliphatic carbocycles. The number of imidazole rings is 1. The average molecular weight is 343 g/mol. The van der Waals surface area contributed by atoms with Crippen LogP contribution < -0.4 is 14.4 Å². The van der Waals surface area contributed by atoms with Crippen LogP contribution in [-0.2, 0) is 5.75 Å². The van der Waals surface area contributed by atoms with E-state index < -0.39 is 0 Å². The van der Waals surface area contributed by atoms with Crippen LogP contribution in [0.1, 0.15) is 5.56 Å². The highest BCUT2D eigenvalue weighted by Crippen LogP contribution is 2.31. The summed E-state index contributed by atoms with van der Waals surface area (Å²) in [6.45, 7) is 0. The Labute approximate surface area is 146 Å². The molecule has 2 aromatic carbocycles. The molecule has 0 atom stereocenters. The summed E-state index contributed by atoms with van der Waals surface area (Å²) >= 11 is 1.67. The normalized spacial score (nSPS) is 10.8. The van der Waals surface area contributed by atoms with Gasteiger partial charge in [0.15, 0.2) is 5.16 Å². The summed E-state index contributed by atoms with van der Waals surface area (Å²) in [4.78, 5) is 10.1. The number of rotatable bonds is 6. The number of hydrogen-bond donors (Lipinski definition) is 1. The summed E-state index contributed by atoms with van der Waals surface area (Å²) < 4.78 is 10.6. The first kappa shape index (κ1) is 16.5. The molecule has 5 nitrogen and oxygen atoms in total. The molecule has 24 heavy (non-hydrogen) atoms. The third-order valence-electron chi connectivity index (χ3n) is 3.80. The molecule has 0 bridgehead atoms. The second-order valence-corrected chi connectivity index (χ2v) is 6.57. The van der Waals surface area contributed by atoms with Crippen molar-refractivity contribution in [1.29, 1.82) is 0 Å². The summed E-state index contributed by atoms with van der Waals surface area (Å²) in [5.41, 5.74) is 4.32. The number of hydrogen-bond acceptors (Lipinski definition) is 5. The lowest BCUT2D eigenvalue weighted by atomic mass is 10.2. The van der Waals surface area contributed by atoms with Gasteiger partial charge in [0.1, 0.15) is 11.5 Å². The molecule has 0 saturated carbocycles. The monoisotopic (exact) mass is 343 g/mol. The number of aromatic amines is 1. The molecule has 1 N–H and O–H groups in total. The lowest BCUT2D eigenvalue weighted by Gasteiger charge is -2.18. The van der Waals surface area contributed by atoms with Crippen molar-refractivity contribution in [3.63, 3.8) is 0 Å². The van der Waals surface area contributed by atoms with Gasteiger partial charge in [-0.2, -0.15) is 0 Å². The van der Waals surface area contributed by atoms with Crippen molar-refractivity contribution >= 4 is 28.5 Å². The number of methoxy groups -OCH3 is 2. The van der Waals surface area contributed by atoms with Gasteiger partial charge in [-0.1, -0.05) is 11.8 Å². The molecule has 1 aromatic heterocycles. The molecule has 1 heterocycles. The van der Waals surface area contributed by atoms with Gasteiger partial charge in [0.2, 0.25) is 0 Å². The van der Waals surface area contributed by atoms with Gasteiger partial charge in [0, 0.05) is 31.6 Å². The number of thioether (sulfide) groups is 1. The van der Waals surface area contributed by atoms with E-state index in [1.165, 1.54) is 11.3 Å². The Morgan fingerprint density at radius 1 is 1.04 bits per heavy atom. The third kappa shape index (κ3) is 3.43. The molecule has 0 aliphatic rings. The largest absolute Gasteiger partial charge is 0.497 e. The minimum Gasteiger partial charge on any atom is -0.497 e. The molecular weight excluding hydrogens is 322 g/mol. The number of benzene rings is 2. The van der Waals surface area contributed by atoms with Crippen molar-refractivity contribution < 1.29 is 9.47 Å². The fourth-order valence-corrected chi connectivity index (χ4v) is 3.42. The van der Waals surface area contributed by atoms with E-state index in [0.717, 1.165) is 33.4 Å². The van der Waals surface area contributed by atoms with Gasteiger partial charge < -0.3 is 19.4 Å². The van der Waals surface area contributed by atoms with E-state index in [9.17, 15) is 0 Å². The topological polar surface area (TPSA) is 50.4 Å². The smallest absolute Gasteiger partial charge is 0.166 e. The van der Waals surface area contributed by atoms with Gasteiger partial charge >= 0.3 is 0 Å². The average Bonchev–Trinajstić information content (AvgIpc) is 3.01. The van der Waals surface area contributed by atoms with Gasteiger partial charge in [0.05, 0.1) is 25.3 Å². The van der Waals surface area contributed by atoms with Crippen LogP contribution in [0.2, 0.25) is 0 Å². The van der Waals surface area contributed by atoms with Crippen LogP contribution in [0.25, 0.3) is 11.0 Å². The van der Waals surface area contributed by atoms with Gasteiger partial charge in [-0.15, -0.1) is 0 Å². The highest BCUT2D eigenvalue weighted by Gasteiger charge is 2.10. The number of fused-ring (bicyclic) bond motifs is 1. The summed E-state index contributed by atoms with van der Waals surface area (Å²) in [6, 6.07) is 12.0. The maximum Gasteiger partial charge on any atom is 0.166 e. The maximum absolute atomic E-state index is 5.35. The van der Waals surface area contributed by atoms with Crippen molar-refractivity contribution in [2.75, 3.05) is 33.2 Å². The first-order chi connectivity index (χ1) is 11.6. The molecule has 0 unspecified atom stereocenters. The van der Waals surface area contributed by atoms with Crippen LogP contribution in [0.15, 0.2) is 41.6 Å². The van der Waals surface area contributed by atoms with E-state index in [4.69, 9.17) is 9.47 Å². The number of nitrogens with zero attached hydrogens (tertiary/aromatic N) is 2. The zero-order chi connectivity index (χ0) is 17.1. The number of ether oxygens (including phenoxy) is 2. The summed E-state index contributed by atoms with van der Waals surface area (Å²) in [7, 11) is 7.44. The maximum atomic E-state index is 5.35. The molecule has 0 fully saturated rings. The second kappa shape index (κ2) is 7.05. The summed E-state index contributed by atoms with van der Waals surface area (Å²) in [6.07, 6.45) is 0. The minimum atomic E-state index is 0.807. The lowest BCUT2D eigenvalue weighted by Crippen LogP contribution is -2.11. The fourth-order valence-electron chi connectivity index (χ4n) is 2.55. The fraction of sp³-hybridized carbons (Fsp3) is 0.278. The zero-order valence-corrected chi connectivity index (χ0v) is 15.1. The highest BCUT2D eigenvalue weighted by atomic mass is 32.2. The van der Waals surface area contributed by atoms with Crippen LogP contribution in [0, 0.1) is 0 Å². The Kier molecular flexibility index (Phi) is 4.85. The Balaban J connectivity index is 1.82. The molecule has 0 aliphatic heterocycles. The number of anilines is 1. The van der Waals surface area contributed by atoms with Gasteiger partial charge in [-0.3, -0.25) is 0 Å². The lowest BCUT2D eigenvalue weighted by molar-refractivity contribution is 0.414. The Hall–Kier alpha value is -2.34. The van der Waals surface area contributed by atoms with E-state index in [2.05, 4.69) is 27.0 Å². The van der Waals surface area contributed by atoms with Gasteiger partial charge in [0.25, 0.3) is 0 Å². The number of aromatic nitrogens is 2. The van der Waals surface area contributed by atoms with E-state index >= 15 is 0 Å². The molecule has 6 heteroatoms. The molecule has 0 spiro atoms. The molecule has 0 saturated heterocycles. The van der Waals surface area contributed by atoms with E-state index in [0.29, 0.717) is 0 Å². The quantitative estimate of drug-likeness (QED) is 0.687. The predicted octanol–water partition coefficient (Wildman–Crippen LogP) is 3.94. The number of H-pyrrole nitrogens is 1. The van der Waals surface area contributed by atoms with E-state index in [-0.39, 0.29) is 0 Å². The summed E-state index contributed by atoms with van der Waals surface area (Å²) in [5, 5.41) is 0.894. The van der Waals surface area contributed by atoms with Crippen LogP contribution in [0.4, 0.5) is 5.69 Å². The SMILES string of the molecule is COc1ccc(N(C)C)c(CSc2nc3ccc(OC)cc3[nH]2)c1. The zero-order valence-electron chi connectivity index (χ0n) is 14.3. The third-order valence-corrected chi connectivity index (χ3v) is 4.72. The van der Waals surface area contributed by atoms with Crippen molar-refractivity contribution in [2.24, 2.45) is 0 Å². The Morgan fingerprint density at radius 3 is 2.46 bits per heavy atom. The Morgan fingerprint density at radius 2 is 1.75 bits per heavy atom. The first-order valence-electron chi connectivity index (χ1n) is 7.61. The molecule has 3 aromatic rings. The molecule has 3 rings (SSSR count). The van der Waals surface area contributed by atoms with E-state index in [1.54, 1.807) is 26.0 Å². The van der Waals surface area contributed by atoms with Crippen molar-refractivity contribution in [3.05, 3.63) is 42.0 Å². The van der Waals surface area contributed by atoms with Crippen LogP contribution in [0.5, 0.6) is 11.5 Å². The molecule has 0 amide bonds. The standard InChI is InChI=1S/C18H21N3O2S/c1-21(2)17-8-6-13(22-3)9-12(17)11-24-18-19-15-7-5-14(23-4)10-16(15)20-18/h5-10H,11H2,1-4H3,(H,19,20). The van der Waals surface area contributed by atoms with Crippen LogP contribution in [-0.4, -0.2) is 38.3 Å². The van der Waals surface area contributed by atoms with Crippen molar-refractivity contribution in [1.82, 2.24) is 9.97 Å². The van der Waals surface area contributed by atoms with Crippen molar-refractivity contribution in [3.8, 4) is 11.5 Å².